The van der Waals surface area contributed by atoms with Crippen LogP contribution in [0.3, 0.4) is 0 Å². The van der Waals surface area contributed by atoms with Crippen LogP contribution in [0.5, 0.6) is 0 Å². The van der Waals surface area contributed by atoms with Gasteiger partial charge in [0, 0.05) is 29.3 Å². The molecule has 0 aromatic heterocycles. The lowest BCUT2D eigenvalue weighted by molar-refractivity contribution is 0.00356. The van der Waals surface area contributed by atoms with E-state index in [1.165, 1.54) is 0 Å². The zero-order valence-corrected chi connectivity index (χ0v) is 12.1. The highest BCUT2D eigenvalue weighted by Crippen LogP contribution is 2.28. The highest BCUT2D eigenvalue weighted by atomic mass is 79.9. The van der Waals surface area contributed by atoms with Crippen LogP contribution in [-0.4, -0.2) is 37.5 Å². The molecule has 3 N–H and O–H groups in total. The van der Waals surface area contributed by atoms with Gasteiger partial charge in [-0.3, -0.25) is 0 Å². The van der Waals surface area contributed by atoms with Crippen molar-refractivity contribution in [1.82, 2.24) is 0 Å². The quantitative estimate of drug-likeness (QED) is 0.891. The third-order valence-electron chi connectivity index (χ3n) is 3.18. The summed E-state index contributed by atoms with van der Waals surface area (Å²) < 4.78 is 6.48. The Labute approximate surface area is 116 Å². The lowest BCUT2D eigenvalue weighted by Gasteiger charge is -2.34. The Morgan fingerprint density at radius 2 is 2.39 bits per heavy atom. The number of benzene rings is 1. The van der Waals surface area contributed by atoms with Crippen molar-refractivity contribution in [2.24, 2.45) is 5.73 Å². The van der Waals surface area contributed by atoms with Crippen molar-refractivity contribution < 1.29 is 9.84 Å². The summed E-state index contributed by atoms with van der Waals surface area (Å²) in [6.07, 6.45) is -0.0920. The molecule has 0 radical (unpaired) electrons. The molecule has 1 saturated heterocycles. The van der Waals surface area contributed by atoms with E-state index in [2.05, 4.69) is 33.0 Å². The van der Waals surface area contributed by atoms with Gasteiger partial charge in [-0.25, -0.2) is 0 Å². The number of aliphatic hydroxyl groups is 1. The second-order valence-corrected chi connectivity index (χ2v) is 5.47. The summed E-state index contributed by atoms with van der Waals surface area (Å²) >= 11 is 3.56. The molecule has 1 heterocycles. The van der Waals surface area contributed by atoms with Crippen LogP contribution in [0.1, 0.15) is 18.5 Å². The summed E-state index contributed by atoms with van der Waals surface area (Å²) in [5.41, 5.74) is 8.12. The van der Waals surface area contributed by atoms with Crippen LogP contribution in [0.25, 0.3) is 0 Å². The SMILES string of the molecule is CC(N)c1ccc(N2CCOC(CO)C2)cc1Br. The number of hydrogen-bond donors (Lipinski definition) is 2. The van der Waals surface area contributed by atoms with Gasteiger partial charge >= 0.3 is 0 Å². The van der Waals surface area contributed by atoms with Gasteiger partial charge in [-0.15, -0.1) is 0 Å². The van der Waals surface area contributed by atoms with Gasteiger partial charge in [-0.1, -0.05) is 22.0 Å². The van der Waals surface area contributed by atoms with Crippen molar-refractivity contribution in [1.29, 1.82) is 0 Å². The summed E-state index contributed by atoms with van der Waals surface area (Å²) in [6, 6.07) is 6.22. The number of nitrogens with two attached hydrogens (primary N) is 1. The third-order valence-corrected chi connectivity index (χ3v) is 3.87. The first-order valence-corrected chi connectivity index (χ1v) is 6.93. The van der Waals surface area contributed by atoms with E-state index in [4.69, 9.17) is 15.6 Å². The zero-order valence-electron chi connectivity index (χ0n) is 10.5. The Morgan fingerprint density at radius 1 is 1.61 bits per heavy atom. The minimum Gasteiger partial charge on any atom is -0.394 e. The molecule has 1 fully saturated rings. The molecule has 0 aliphatic carbocycles. The highest BCUT2D eigenvalue weighted by molar-refractivity contribution is 9.10. The van der Waals surface area contributed by atoms with E-state index >= 15 is 0 Å². The van der Waals surface area contributed by atoms with Crippen LogP contribution < -0.4 is 10.6 Å². The van der Waals surface area contributed by atoms with E-state index in [1.807, 2.05) is 13.0 Å². The van der Waals surface area contributed by atoms with Crippen molar-refractivity contribution >= 4 is 21.6 Å². The summed E-state index contributed by atoms with van der Waals surface area (Å²) in [6.45, 7) is 4.25. The summed E-state index contributed by atoms with van der Waals surface area (Å²) in [4.78, 5) is 2.22. The van der Waals surface area contributed by atoms with E-state index in [-0.39, 0.29) is 18.8 Å². The van der Waals surface area contributed by atoms with Crippen molar-refractivity contribution in [3.63, 3.8) is 0 Å². The van der Waals surface area contributed by atoms with E-state index in [9.17, 15) is 0 Å². The average Bonchev–Trinajstić information content (AvgIpc) is 2.38. The minimum absolute atomic E-state index is 0.0169. The molecule has 18 heavy (non-hydrogen) atoms. The molecule has 0 amide bonds. The molecule has 2 atom stereocenters. The number of rotatable bonds is 3. The molecule has 5 heteroatoms. The number of ether oxygens (including phenoxy) is 1. The second kappa shape index (κ2) is 6.02. The van der Waals surface area contributed by atoms with Gasteiger partial charge in [0.15, 0.2) is 0 Å². The van der Waals surface area contributed by atoms with E-state index in [0.717, 1.165) is 28.8 Å². The maximum Gasteiger partial charge on any atom is 0.0980 e. The van der Waals surface area contributed by atoms with Crippen LogP contribution in [0, 0.1) is 0 Å². The number of aliphatic hydroxyl groups excluding tert-OH is 1. The van der Waals surface area contributed by atoms with Crippen molar-refractivity contribution in [2.45, 2.75) is 19.1 Å². The summed E-state index contributed by atoms with van der Waals surface area (Å²) in [5, 5.41) is 9.15. The maximum atomic E-state index is 9.15. The number of anilines is 1. The van der Waals surface area contributed by atoms with Gasteiger partial charge in [-0.05, 0) is 24.6 Å². The largest absolute Gasteiger partial charge is 0.394 e. The maximum absolute atomic E-state index is 9.15. The monoisotopic (exact) mass is 314 g/mol. The highest BCUT2D eigenvalue weighted by Gasteiger charge is 2.20. The first-order chi connectivity index (χ1) is 8.61. The van der Waals surface area contributed by atoms with Crippen LogP contribution in [0.4, 0.5) is 5.69 Å². The average molecular weight is 315 g/mol. The van der Waals surface area contributed by atoms with Crippen LogP contribution in [0.2, 0.25) is 0 Å². The van der Waals surface area contributed by atoms with Crippen LogP contribution in [0.15, 0.2) is 22.7 Å². The number of hydrogen-bond acceptors (Lipinski definition) is 4. The summed E-state index contributed by atoms with van der Waals surface area (Å²) in [7, 11) is 0. The Hall–Kier alpha value is -0.620. The topological polar surface area (TPSA) is 58.7 Å². The molecule has 0 bridgehead atoms. The van der Waals surface area contributed by atoms with Gasteiger partial charge in [0.2, 0.25) is 0 Å². The Balaban J connectivity index is 2.16. The second-order valence-electron chi connectivity index (χ2n) is 4.62. The van der Waals surface area contributed by atoms with Gasteiger partial charge in [0.1, 0.15) is 0 Å². The smallest absolute Gasteiger partial charge is 0.0980 e. The molecule has 2 unspecified atom stereocenters. The molecule has 1 aromatic carbocycles. The van der Waals surface area contributed by atoms with E-state index in [1.54, 1.807) is 0 Å². The fraction of sp³-hybridized carbons (Fsp3) is 0.538. The van der Waals surface area contributed by atoms with Crippen molar-refractivity contribution in [3.05, 3.63) is 28.2 Å². The molecule has 2 rings (SSSR count). The van der Waals surface area contributed by atoms with Gasteiger partial charge < -0.3 is 20.5 Å². The Bertz CT molecular complexity index is 412. The van der Waals surface area contributed by atoms with Gasteiger partial charge in [0.05, 0.1) is 19.3 Å². The van der Waals surface area contributed by atoms with Crippen molar-refractivity contribution in [3.8, 4) is 0 Å². The predicted octanol–water partition coefficient (Wildman–Crippen LogP) is 1.67. The molecule has 1 aliphatic rings. The Kier molecular flexibility index (Phi) is 4.61. The third kappa shape index (κ3) is 3.03. The molecule has 0 spiro atoms. The van der Waals surface area contributed by atoms with Crippen molar-refractivity contribution in [2.75, 3.05) is 31.2 Å². The molecular formula is C13H19BrN2O2. The standard InChI is InChI=1S/C13H19BrN2O2/c1-9(15)12-3-2-10(6-13(12)14)16-4-5-18-11(7-16)8-17/h2-3,6,9,11,17H,4-5,7-8,15H2,1H3. The molecule has 4 nitrogen and oxygen atoms in total. The van der Waals surface area contributed by atoms with Crippen LogP contribution in [-0.2, 0) is 4.74 Å². The van der Waals surface area contributed by atoms with E-state index in [0.29, 0.717) is 6.61 Å². The Morgan fingerprint density at radius 3 is 3.00 bits per heavy atom. The van der Waals surface area contributed by atoms with Gasteiger partial charge in [0.25, 0.3) is 0 Å². The van der Waals surface area contributed by atoms with E-state index < -0.39 is 0 Å². The summed E-state index contributed by atoms with van der Waals surface area (Å²) in [5.74, 6) is 0. The van der Waals surface area contributed by atoms with Crippen LogP contribution >= 0.6 is 15.9 Å². The number of morpholine rings is 1. The lowest BCUT2D eigenvalue weighted by atomic mass is 10.1. The molecule has 1 aromatic rings. The molecule has 0 saturated carbocycles. The lowest BCUT2D eigenvalue weighted by Crippen LogP contribution is -2.44. The fourth-order valence-electron chi connectivity index (χ4n) is 2.15. The fourth-order valence-corrected chi connectivity index (χ4v) is 2.87. The molecule has 100 valence electrons. The van der Waals surface area contributed by atoms with Gasteiger partial charge in [-0.2, -0.15) is 0 Å². The normalized spacial score (nSPS) is 22.0. The minimum atomic E-state index is -0.0920. The zero-order chi connectivity index (χ0) is 13.1. The number of nitrogens with zero attached hydrogens (tertiary/aromatic N) is 1. The first-order valence-electron chi connectivity index (χ1n) is 6.14. The predicted molar refractivity (Wildman–Crippen MR) is 75.8 cm³/mol. The first kappa shape index (κ1) is 13.8. The molecule has 1 aliphatic heterocycles. The molecular weight excluding hydrogens is 296 g/mol. The number of halogens is 1.